The first-order valence-corrected chi connectivity index (χ1v) is 32.2. The van der Waals surface area contributed by atoms with Gasteiger partial charge in [0.1, 0.15) is 49.4 Å². The van der Waals surface area contributed by atoms with Gasteiger partial charge >= 0.3 is 12.1 Å². The van der Waals surface area contributed by atoms with Crippen molar-refractivity contribution in [1.29, 1.82) is 0 Å². The van der Waals surface area contributed by atoms with Crippen LogP contribution in [0.1, 0.15) is 117 Å². The number of pyridine rings is 2. The molecule has 4 N–H and O–H groups in total. The molecule has 0 aliphatic carbocycles. The van der Waals surface area contributed by atoms with E-state index >= 15 is 0 Å². The average Bonchev–Trinajstić information content (AvgIpc) is 1.35. The van der Waals surface area contributed by atoms with Crippen molar-refractivity contribution >= 4 is 70.5 Å². The Morgan fingerprint density at radius 3 is 0.895 bits per heavy atom. The molecule has 8 bridgehead atoms. The van der Waals surface area contributed by atoms with Crippen molar-refractivity contribution < 1.29 is 28.5 Å². The lowest BCUT2D eigenvalue weighted by molar-refractivity contribution is 0.245. The van der Waals surface area contributed by atoms with Gasteiger partial charge in [0.05, 0.1) is 63.6 Å². The van der Waals surface area contributed by atoms with E-state index in [-0.39, 0.29) is 73.2 Å². The second-order valence-electron chi connectivity index (χ2n) is 25.0. The first-order chi connectivity index (χ1) is 40.9. The molecule has 12 nitrogen and oxygen atoms in total. The van der Waals surface area contributed by atoms with Gasteiger partial charge in [-0.15, -0.1) is 0 Å². The molecule has 6 aromatic carbocycles. The van der Waals surface area contributed by atoms with Gasteiger partial charge in [-0.05, 0) is 141 Å². The minimum Gasteiger partial charge on any atom is -0.489 e. The highest BCUT2D eigenvalue weighted by Gasteiger charge is 2.31. The maximum atomic E-state index is 13.3. The van der Waals surface area contributed by atoms with E-state index in [1.165, 1.54) is 0 Å². The molecule has 1 aliphatic heterocycles. The quantitative estimate of drug-likeness (QED) is 0.0684. The summed E-state index contributed by atoms with van der Waals surface area (Å²) in [6.45, 7) is 27.9. The Labute approximate surface area is 524 Å². The predicted octanol–water partition coefficient (Wildman–Crippen LogP) is 18.1. The average molecular weight is 1230 g/mol. The molecule has 0 saturated carbocycles. The molecular weight excluding hydrogens is 1150 g/mol. The van der Waals surface area contributed by atoms with Gasteiger partial charge < -0.3 is 40.2 Å². The number of urea groups is 2. The molecule has 16 heteroatoms. The van der Waals surface area contributed by atoms with Crippen molar-refractivity contribution in [3.63, 3.8) is 0 Å². The summed E-state index contributed by atoms with van der Waals surface area (Å²) in [5.74, 6) is 2.67. The summed E-state index contributed by atoms with van der Waals surface area (Å²) >= 11 is 6.40. The Kier molecular flexibility index (Phi) is 20.3. The number of nitrogens with one attached hydrogen (secondary N) is 4. The van der Waals surface area contributed by atoms with E-state index in [2.05, 4.69) is 153 Å². The largest absolute Gasteiger partial charge is 0.489 e. The van der Waals surface area contributed by atoms with Crippen LogP contribution < -0.4 is 40.2 Å². The number of ether oxygens (including phenoxy) is 4. The molecule has 0 radical (unpaired) electrons. The zero-order valence-electron chi connectivity index (χ0n) is 51.2. The van der Waals surface area contributed by atoms with Gasteiger partial charge in [0.15, 0.2) is 0 Å². The van der Waals surface area contributed by atoms with Gasteiger partial charge in [-0.1, -0.05) is 179 Å². The number of para-hydroxylation sites is 2. The topological polar surface area (TPSA) is 145 Å². The van der Waals surface area contributed by atoms with Gasteiger partial charge in [-0.3, -0.25) is 9.97 Å². The SMILES string of the molecule is CC(C)(C)c1cc2c(OCCNC(=O)Nc3ccccc3)c(c1)Sc1cc(C(C)(C)C)cc(c1OCc1ccccn1)Sc1cc(C(C)(C)C)cc(c1OCCNC(=O)Nc1ccccc1)Sc1cc(C(C)(C)C)cc(c1OCc1ccccn1)S2. The number of fused-ring (bicyclic) bond motifs is 8. The predicted molar refractivity (Wildman–Crippen MR) is 352 cm³/mol. The summed E-state index contributed by atoms with van der Waals surface area (Å²) in [6, 6.07) is 47.8. The van der Waals surface area contributed by atoms with Crippen LogP contribution in [-0.2, 0) is 34.9 Å². The van der Waals surface area contributed by atoms with E-state index in [1.807, 2.05) is 97.1 Å². The summed E-state index contributed by atoms with van der Waals surface area (Å²) in [4.78, 5) is 43.0. The lowest BCUT2D eigenvalue weighted by Gasteiger charge is -2.28. The molecule has 0 spiro atoms. The van der Waals surface area contributed by atoms with Crippen molar-refractivity contribution in [2.24, 2.45) is 0 Å². The number of hydrogen-bond acceptors (Lipinski definition) is 12. The third-order valence-corrected chi connectivity index (χ3v) is 18.1. The van der Waals surface area contributed by atoms with Crippen molar-refractivity contribution in [3.8, 4) is 23.0 Å². The van der Waals surface area contributed by atoms with E-state index in [4.69, 9.17) is 28.9 Å². The van der Waals surface area contributed by atoms with E-state index < -0.39 is 0 Å². The maximum Gasteiger partial charge on any atom is 0.319 e. The van der Waals surface area contributed by atoms with Crippen LogP contribution in [0.4, 0.5) is 21.0 Å². The molecule has 0 unspecified atom stereocenters. The van der Waals surface area contributed by atoms with Gasteiger partial charge in [-0.2, -0.15) is 0 Å². The summed E-state index contributed by atoms with van der Waals surface area (Å²) in [6.07, 6.45) is 3.57. The fourth-order valence-corrected chi connectivity index (χ4v) is 13.8. The second-order valence-corrected chi connectivity index (χ2v) is 29.4. The first-order valence-electron chi connectivity index (χ1n) is 28.9. The first kappa shape index (κ1) is 63.3. The fourth-order valence-electron chi connectivity index (χ4n) is 8.98. The van der Waals surface area contributed by atoms with Crippen LogP contribution in [0.3, 0.4) is 0 Å². The zero-order valence-corrected chi connectivity index (χ0v) is 54.5. The third kappa shape index (κ3) is 17.0. The van der Waals surface area contributed by atoms with Crippen LogP contribution in [0, 0.1) is 0 Å². The number of rotatable bonds is 16. The highest BCUT2D eigenvalue weighted by atomic mass is 32.2. The molecule has 3 heterocycles. The number of benzene rings is 6. The molecule has 8 aromatic rings. The number of hydrogen-bond donors (Lipinski definition) is 4. The van der Waals surface area contributed by atoms with Gasteiger partial charge in [-0.25, -0.2) is 9.59 Å². The molecule has 1 aliphatic rings. The van der Waals surface area contributed by atoms with Crippen molar-refractivity contribution in [1.82, 2.24) is 20.6 Å². The molecule has 448 valence electrons. The van der Waals surface area contributed by atoms with Crippen LogP contribution in [0.2, 0.25) is 0 Å². The van der Waals surface area contributed by atoms with Crippen LogP contribution >= 0.6 is 47.0 Å². The Hall–Kier alpha value is -7.24. The van der Waals surface area contributed by atoms with Gasteiger partial charge in [0.2, 0.25) is 0 Å². The van der Waals surface area contributed by atoms with E-state index in [0.29, 0.717) is 34.4 Å². The van der Waals surface area contributed by atoms with Crippen molar-refractivity contribution in [2.75, 3.05) is 36.9 Å². The standard InChI is InChI=1S/C70H78N6O6S4/c1-67(2,3)45-35-53-61(79-33-31-73-65(77)75-49-23-15-13-16-24-49)54(36-45)84-58-40-48(70(10,11)12)42-60(64(58)82-44-52-28-20-22-30-72-52)86-56-38-46(68(4,5)6)37-55(62(56)80-34-32-74-66(78)76-50-25-17-14-18-26-50)85-59-41-47(69(7,8)9)39-57(83-53)63(59)81-43-51-27-19-21-29-71-51/h13-30,35-42H,31-34,43-44H2,1-12H3,(H2,73,75,77)(H2,74,76,78). The summed E-state index contributed by atoms with van der Waals surface area (Å²) in [5, 5.41) is 11.9. The van der Waals surface area contributed by atoms with Crippen molar-refractivity contribution in [3.05, 3.63) is 192 Å². The van der Waals surface area contributed by atoms with Crippen LogP contribution in [-0.4, -0.2) is 48.3 Å². The molecule has 4 amide bonds. The molecule has 2 aromatic heterocycles. The smallest absolute Gasteiger partial charge is 0.319 e. The number of nitrogens with zero attached hydrogens (tertiary/aromatic N) is 2. The third-order valence-electron chi connectivity index (χ3n) is 13.9. The fraction of sp³-hybridized carbons (Fsp3) is 0.314. The van der Waals surface area contributed by atoms with Crippen LogP contribution in [0.25, 0.3) is 0 Å². The molecule has 9 rings (SSSR count). The minimum absolute atomic E-state index is 0.164. The van der Waals surface area contributed by atoms with Gasteiger partial charge in [0.25, 0.3) is 0 Å². The lowest BCUT2D eigenvalue weighted by Crippen LogP contribution is -2.32. The van der Waals surface area contributed by atoms with Crippen LogP contribution in [0.5, 0.6) is 23.0 Å². The van der Waals surface area contributed by atoms with E-state index in [0.717, 1.165) is 72.8 Å². The van der Waals surface area contributed by atoms with Crippen LogP contribution in [0.15, 0.2) is 197 Å². The number of carbonyl (C=O) groups is 2. The van der Waals surface area contributed by atoms with Crippen molar-refractivity contribution in [2.45, 2.75) is 157 Å². The maximum absolute atomic E-state index is 13.3. The Bertz CT molecular complexity index is 3300. The van der Waals surface area contributed by atoms with E-state index in [9.17, 15) is 9.59 Å². The summed E-state index contributed by atoms with van der Waals surface area (Å²) in [5.41, 5.74) is 6.14. The molecule has 86 heavy (non-hydrogen) atoms. The highest BCUT2D eigenvalue weighted by molar-refractivity contribution is 8.01. The Balaban J connectivity index is 1.28. The molecule has 0 saturated heterocycles. The Morgan fingerprint density at radius 1 is 0.372 bits per heavy atom. The second kappa shape index (κ2) is 27.6. The number of amides is 4. The number of anilines is 2. The summed E-state index contributed by atoms with van der Waals surface area (Å²) in [7, 11) is 0. The Morgan fingerprint density at radius 2 is 0.640 bits per heavy atom. The molecule has 0 fully saturated rings. The van der Waals surface area contributed by atoms with Gasteiger partial charge in [0, 0.05) is 23.8 Å². The normalized spacial score (nSPS) is 12.6. The minimum atomic E-state index is -0.332. The molecule has 0 atom stereocenters. The monoisotopic (exact) mass is 1230 g/mol. The van der Waals surface area contributed by atoms with E-state index in [1.54, 1.807) is 59.4 Å². The summed E-state index contributed by atoms with van der Waals surface area (Å²) < 4.78 is 28.5. The molecular formula is C70H78N6O6S4. The number of aromatic nitrogens is 2. The lowest BCUT2D eigenvalue weighted by atomic mass is 9.87. The highest BCUT2D eigenvalue weighted by Crippen LogP contribution is 2.56. The number of carbonyl (C=O) groups excluding carboxylic acids is 2. The zero-order chi connectivity index (χ0) is 61.2.